The molecule has 2 heterocycles. The SMILES string of the molecule is CC(=O)N1CCCC(Cc2ccc(-c3cccc(C)c3C)nn2)C1. The largest absolute Gasteiger partial charge is 0.343 e. The van der Waals surface area contributed by atoms with Gasteiger partial charge in [0.1, 0.15) is 0 Å². The van der Waals surface area contributed by atoms with Gasteiger partial charge in [0.15, 0.2) is 0 Å². The van der Waals surface area contributed by atoms with Crippen LogP contribution in [0.1, 0.15) is 36.6 Å². The maximum Gasteiger partial charge on any atom is 0.219 e. The fourth-order valence-electron chi connectivity index (χ4n) is 3.45. The van der Waals surface area contributed by atoms with Crippen molar-refractivity contribution in [3.05, 3.63) is 47.2 Å². The number of benzene rings is 1. The van der Waals surface area contributed by atoms with E-state index in [1.165, 1.54) is 11.1 Å². The molecular formula is C20H25N3O. The number of piperidine rings is 1. The van der Waals surface area contributed by atoms with Gasteiger partial charge < -0.3 is 4.90 Å². The highest BCUT2D eigenvalue weighted by Gasteiger charge is 2.22. The fourth-order valence-corrected chi connectivity index (χ4v) is 3.45. The predicted molar refractivity (Wildman–Crippen MR) is 95.6 cm³/mol. The molecule has 1 atom stereocenters. The maximum absolute atomic E-state index is 11.6. The number of hydrogen-bond donors (Lipinski definition) is 0. The normalized spacial score (nSPS) is 17.8. The van der Waals surface area contributed by atoms with Gasteiger partial charge in [0, 0.05) is 25.6 Å². The van der Waals surface area contributed by atoms with Crippen LogP contribution in [0.3, 0.4) is 0 Å². The maximum atomic E-state index is 11.6. The summed E-state index contributed by atoms with van der Waals surface area (Å²) in [5, 5.41) is 8.88. The van der Waals surface area contributed by atoms with Crippen LogP contribution in [0.5, 0.6) is 0 Å². The Balaban J connectivity index is 1.71. The van der Waals surface area contributed by atoms with Gasteiger partial charge in [-0.3, -0.25) is 4.79 Å². The molecule has 0 saturated carbocycles. The molecule has 1 fully saturated rings. The number of nitrogens with zero attached hydrogens (tertiary/aromatic N) is 3. The topological polar surface area (TPSA) is 46.1 Å². The van der Waals surface area contributed by atoms with Gasteiger partial charge in [0.25, 0.3) is 0 Å². The fraction of sp³-hybridized carbons (Fsp3) is 0.450. The second kappa shape index (κ2) is 7.12. The van der Waals surface area contributed by atoms with E-state index in [2.05, 4.69) is 54.4 Å². The summed E-state index contributed by atoms with van der Waals surface area (Å²) in [6.07, 6.45) is 3.13. The van der Waals surface area contributed by atoms with E-state index in [9.17, 15) is 4.79 Å². The molecule has 0 radical (unpaired) electrons. The highest BCUT2D eigenvalue weighted by atomic mass is 16.2. The zero-order valence-corrected chi connectivity index (χ0v) is 14.7. The minimum absolute atomic E-state index is 0.177. The molecule has 0 aliphatic carbocycles. The first kappa shape index (κ1) is 16.6. The average molecular weight is 323 g/mol. The number of rotatable bonds is 3. The molecule has 4 nitrogen and oxygen atoms in total. The lowest BCUT2D eigenvalue weighted by molar-refractivity contribution is -0.130. The van der Waals surface area contributed by atoms with Crippen molar-refractivity contribution in [2.24, 2.45) is 5.92 Å². The third-order valence-corrected chi connectivity index (χ3v) is 5.06. The molecule has 1 saturated heterocycles. The van der Waals surface area contributed by atoms with Crippen LogP contribution < -0.4 is 0 Å². The smallest absolute Gasteiger partial charge is 0.219 e. The Morgan fingerprint density at radius 3 is 2.75 bits per heavy atom. The number of aryl methyl sites for hydroxylation is 1. The van der Waals surface area contributed by atoms with E-state index in [1.807, 2.05) is 4.90 Å². The summed E-state index contributed by atoms with van der Waals surface area (Å²) < 4.78 is 0. The van der Waals surface area contributed by atoms with Crippen molar-refractivity contribution in [2.75, 3.05) is 13.1 Å². The monoisotopic (exact) mass is 323 g/mol. The minimum Gasteiger partial charge on any atom is -0.343 e. The van der Waals surface area contributed by atoms with Crippen LogP contribution >= 0.6 is 0 Å². The molecule has 1 aromatic carbocycles. The lowest BCUT2D eigenvalue weighted by Gasteiger charge is -2.31. The van der Waals surface area contributed by atoms with E-state index in [4.69, 9.17) is 0 Å². The van der Waals surface area contributed by atoms with Crippen LogP contribution in [0.2, 0.25) is 0 Å². The van der Waals surface area contributed by atoms with Crippen molar-refractivity contribution >= 4 is 5.91 Å². The van der Waals surface area contributed by atoms with Gasteiger partial charge in [0.2, 0.25) is 5.91 Å². The average Bonchev–Trinajstić information content (AvgIpc) is 2.58. The van der Waals surface area contributed by atoms with Gasteiger partial charge in [-0.25, -0.2) is 0 Å². The number of carbonyl (C=O) groups is 1. The number of amides is 1. The quantitative estimate of drug-likeness (QED) is 0.867. The van der Waals surface area contributed by atoms with E-state index >= 15 is 0 Å². The lowest BCUT2D eigenvalue weighted by Crippen LogP contribution is -2.39. The van der Waals surface area contributed by atoms with Crippen LogP contribution in [0.15, 0.2) is 30.3 Å². The zero-order valence-electron chi connectivity index (χ0n) is 14.7. The molecule has 0 N–H and O–H groups in total. The first-order valence-corrected chi connectivity index (χ1v) is 8.69. The number of carbonyl (C=O) groups excluding carboxylic acids is 1. The molecule has 1 aliphatic rings. The van der Waals surface area contributed by atoms with Gasteiger partial charge in [-0.05, 0) is 62.3 Å². The molecule has 1 unspecified atom stereocenters. The molecule has 126 valence electrons. The summed E-state index contributed by atoms with van der Waals surface area (Å²) in [6, 6.07) is 10.4. The van der Waals surface area contributed by atoms with E-state index in [1.54, 1.807) is 6.92 Å². The Bertz CT molecular complexity index is 724. The van der Waals surface area contributed by atoms with E-state index in [-0.39, 0.29) is 5.91 Å². The van der Waals surface area contributed by atoms with Gasteiger partial charge in [-0.15, -0.1) is 0 Å². The summed E-state index contributed by atoms with van der Waals surface area (Å²) in [7, 11) is 0. The summed E-state index contributed by atoms with van der Waals surface area (Å²) in [4.78, 5) is 13.5. The third-order valence-electron chi connectivity index (χ3n) is 5.06. The Hall–Kier alpha value is -2.23. The van der Waals surface area contributed by atoms with Crippen LogP contribution in [-0.4, -0.2) is 34.1 Å². The standard InChI is InChI=1S/C20H25N3O/c1-14-6-4-8-19(15(14)2)20-10-9-18(21-22-20)12-17-7-5-11-23(13-17)16(3)24/h4,6,8-10,17H,5,7,11-13H2,1-3H3. The Labute approximate surface area is 143 Å². The van der Waals surface area contributed by atoms with E-state index in [0.29, 0.717) is 5.92 Å². The molecule has 1 aliphatic heterocycles. The van der Waals surface area contributed by atoms with Gasteiger partial charge in [-0.2, -0.15) is 10.2 Å². The molecule has 0 spiro atoms. The molecule has 4 heteroatoms. The first-order chi connectivity index (χ1) is 11.5. The minimum atomic E-state index is 0.177. The van der Waals surface area contributed by atoms with Crippen molar-refractivity contribution in [2.45, 2.75) is 40.0 Å². The summed E-state index contributed by atoms with van der Waals surface area (Å²) in [5.41, 5.74) is 5.61. The summed E-state index contributed by atoms with van der Waals surface area (Å²) in [5.74, 6) is 0.666. The third kappa shape index (κ3) is 3.64. The van der Waals surface area contributed by atoms with Crippen LogP contribution in [0.4, 0.5) is 0 Å². The molecular weight excluding hydrogens is 298 g/mol. The van der Waals surface area contributed by atoms with E-state index < -0.39 is 0 Å². The molecule has 1 aromatic heterocycles. The highest BCUT2D eigenvalue weighted by molar-refractivity contribution is 5.73. The highest BCUT2D eigenvalue weighted by Crippen LogP contribution is 2.24. The number of hydrogen-bond acceptors (Lipinski definition) is 3. The molecule has 0 bridgehead atoms. The van der Waals surface area contributed by atoms with Crippen molar-refractivity contribution in [3.63, 3.8) is 0 Å². The van der Waals surface area contributed by atoms with Crippen molar-refractivity contribution < 1.29 is 4.79 Å². The molecule has 24 heavy (non-hydrogen) atoms. The lowest BCUT2D eigenvalue weighted by atomic mass is 9.93. The Kier molecular flexibility index (Phi) is 4.93. The van der Waals surface area contributed by atoms with Gasteiger partial charge >= 0.3 is 0 Å². The Morgan fingerprint density at radius 1 is 1.21 bits per heavy atom. The second-order valence-corrected chi connectivity index (χ2v) is 6.83. The molecule has 2 aromatic rings. The predicted octanol–water partition coefficient (Wildman–Crippen LogP) is 3.56. The van der Waals surface area contributed by atoms with Crippen LogP contribution in [0, 0.1) is 19.8 Å². The Morgan fingerprint density at radius 2 is 2.04 bits per heavy atom. The zero-order chi connectivity index (χ0) is 17.1. The first-order valence-electron chi connectivity index (χ1n) is 8.69. The van der Waals surface area contributed by atoms with Gasteiger partial charge in [0.05, 0.1) is 11.4 Å². The number of aromatic nitrogens is 2. The van der Waals surface area contributed by atoms with Crippen molar-refractivity contribution in [1.82, 2.24) is 15.1 Å². The molecule has 3 rings (SSSR count). The number of likely N-dealkylation sites (tertiary alicyclic amines) is 1. The van der Waals surface area contributed by atoms with Gasteiger partial charge in [-0.1, -0.05) is 18.2 Å². The van der Waals surface area contributed by atoms with E-state index in [0.717, 1.165) is 49.3 Å². The van der Waals surface area contributed by atoms with Crippen molar-refractivity contribution in [3.8, 4) is 11.3 Å². The molecule has 1 amide bonds. The van der Waals surface area contributed by atoms with Crippen molar-refractivity contribution in [1.29, 1.82) is 0 Å². The van der Waals surface area contributed by atoms with Crippen LogP contribution in [-0.2, 0) is 11.2 Å². The summed E-state index contributed by atoms with van der Waals surface area (Å²) >= 11 is 0. The van der Waals surface area contributed by atoms with Crippen LogP contribution in [0.25, 0.3) is 11.3 Å². The summed E-state index contributed by atoms with van der Waals surface area (Å²) in [6.45, 7) is 7.63. The second-order valence-electron chi connectivity index (χ2n) is 6.83.